The minimum Gasteiger partial charge on any atom is -0.472 e. The first-order chi connectivity index (χ1) is 8.24. The molecule has 3 unspecified atom stereocenters. The summed E-state index contributed by atoms with van der Waals surface area (Å²) in [6.07, 6.45) is 6.75. The van der Waals surface area contributed by atoms with E-state index in [-0.39, 0.29) is 11.8 Å². The molecule has 4 heteroatoms. The Morgan fingerprint density at radius 1 is 1.59 bits per heavy atom. The molecule has 1 amide bonds. The number of furan rings is 1. The maximum Gasteiger partial charge on any atom is 0.227 e. The number of hydrogen-bond acceptors (Lipinski definition) is 3. The molecule has 4 nitrogen and oxygen atoms in total. The van der Waals surface area contributed by atoms with Crippen molar-refractivity contribution in [3.8, 4) is 0 Å². The summed E-state index contributed by atoms with van der Waals surface area (Å²) in [6, 6.07) is 2.90. The van der Waals surface area contributed by atoms with Crippen LogP contribution in [0.3, 0.4) is 0 Å². The summed E-state index contributed by atoms with van der Waals surface area (Å²) in [5, 5.41) is 3.51. The van der Waals surface area contributed by atoms with E-state index in [4.69, 9.17) is 4.42 Å². The quantitative estimate of drug-likeness (QED) is 0.859. The van der Waals surface area contributed by atoms with Gasteiger partial charge in [0.15, 0.2) is 0 Å². The third kappa shape index (κ3) is 1.97. The molecule has 0 saturated carbocycles. The van der Waals surface area contributed by atoms with Gasteiger partial charge in [-0.05, 0) is 25.3 Å². The van der Waals surface area contributed by atoms with E-state index in [1.165, 1.54) is 6.42 Å². The van der Waals surface area contributed by atoms with Crippen LogP contribution in [-0.2, 0) is 11.3 Å². The van der Waals surface area contributed by atoms with Crippen LogP contribution >= 0.6 is 0 Å². The van der Waals surface area contributed by atoms with Crippen LogP contribution in [-0.4, -0.2) is 29.9 Å². The standard InChI is InChI=1S/C13H18N2O2/c1-15(7-9-4-5-17-8-9)13(16)11-6-10-2-3-12(11)14-10/h4-5,8,10-12,14H,2-3,6-7H2,1H3. The average molecular weight is 234 g/mol. The van der Waals surface area contributed by atoms with Gasteiger partial charge >= 0.3 is 0 Å². The van der Waals surface area contributed by atoms with Crippen LogP contribution in [0.15, 0.2) is 23.0 Å². The van der Waals surface area contributed by atoms with Crippen molar-refractivity contribution in [1.82, 2.24) is 10.2 Å². The highest BCUT2D eigenvalue weighted by atomic mass is 16.3. The molecule has 92 valence electrons. The van der Waals surface area contributed by atoms with E-state index in [1.54, 1.807) is 12.5 Å². The zero-order valence-corrected chi connectivity index (χ0v) is 10.1. The first kappa shape index (κ1) is 10.8. The van der Waals surface area contributed by atoms with Crippen molar-refractivity contribution < 1.29 is 9.21 Å². The molecule has 2 aliphatic rings. The number of nitrogens with one attached hydrogen (secondary N) is 1. The van der Waals surface area contributed by atoms with Gasteiger partial charge < -0.3 is 14.6 Å². The van der Waals surface area contributed by atoms with E-state index in [9.17, 15) is 4.79 Å². The third-order valence-corrected chi connectivity index (χ3v) is 3.99. The number of fused-ring (bicyclic) bond motifs is 2. The lowest BCUT2D eigenvalue weighted by molar-refractivity contribution is -0.135. The molecule has 2 saturated heterocycles. The largest absolute Gasteiger partial charge is 0.472 e. The first-order valence-corrected chi connectivity index (χ1v) is 6.26. The minimum atomic E-state index is 0.186. The molecule has 0 spiro atoms. The predicted molar refractivity (Wildman–Crippen MR) is 63.2 cm³/mol. The topological polar surface area (TPSA) is 45.5 Å². The van der Waals surface area contributed by atoms with Gasteiger partial charge in [0.05, 0.1) is 18.4 Å². The summed E-state index contributed by atoms with van der Waals surface area (Å²) in [6.45, 7) is 0.642. The third-order valence-electron chi connectivity index (χ3n) is 3.99. The van der Waals surface area contributed by atoms with Crippen molar-refractivity contribution in [2.75, 3.05) is 7.05 Å². The van der Waals surface area contributed by atoms with Gasteiger partial charge in [0.25, 0.3) is 0 Å². The van der Waals surface area contributed by atoms with Crippen LogP contribution in [0.1, 0.15) is 24.8 Å². The molecule has 17 heavy (non-hydrogen) atoms. The molecular formula is C13H18N2O2. The molecule has 1 aromatic rings. The summed E-state index contributed by atoms with van der Waals surface area (Å²) in [5.41, 5.74) is 1.05. The zero-order chi connectivity index (χ0) is 11.8. The number of nitrogens with zero attached hydrogens (tertiary/aromatic N) is 1. The molecule has 3 rings (SSSR count). The molecule has 1 aromatic heterocycles. The van der Waals surface area contributed by atoms with E-state index in [2.05, 4.69) is 5.32 Å². The van der Waals surface area contributed by atoms with Crippen molar-refractivity contribution in [1.29, 1.82) is 0 Å². The van der Waals surface area contributed by atoms with Gasteiger partial charge in [-0.15, -0.1) is 0 Å². The van der Waals surface area contributed by atoms with Gasteiger partial charge in [-0.2, -0.15) is 0 Å². The molecule has 0 radical (unpaired) electrons. The van der Waals surface area contributed by atoms with Gasteiger partial charge in [0, 0.05) is 31.2 Å². The molecule has 0 aromatic carbocycles. The molecule has 2 fully saturated rings. The number of rotatable bonds is 3. The van der Waals surface area contributed by atoms with Crippen molar-refractivity contribution in [3.05, 3.63) is 24.2 Å². The molecule has 3 heterocycles. The molecule has 0 aliphatic carbocycles. The van der Waals surface area contributed by atoms with Crippen molar-refractivity contribution in [3.63, 3.8) is 0 Å². The Hall–Kier alpha value is -1.29. The normalized spacial score (nSPS) is 30.8. The summed E-state index contributed by atoms with van der Waals surface area (Å²) >= 11 is 0. The van der Waals surface area contributed by atoms with Crippen LogP contribution in [0.25, 0.3) is 0 Å². The van der Waals surface area contributed by atoms with E-state index < -0.39 is 0 Å². The van der Waals surface area contributed by atoms with Crippen molar-refractivity contribution in [2.24, 2.45) is 5.92 Å². The van der Waals surface area contributed by atoms with Crippen LogP contribution in [0, 0.1) is 5.92 Å². The van der Waals surface area contributed by atoms with Gasteiger partial charge in [-0.1, -0.05) is 0 Å². The average Bonchev–Trinajstić information content (AvgIpc) is 3.04. The summed E-state index contributed by atoms with van der Waals surface area (Å²) < 4.78 is 5.02. The Morgan fingerprint density at radius 3 is 3.06 bits per heavy atom. The smallest absolute Gasteiger partial charge is 0.227 e. The number of carbonyl (C=O) groups excluding carboxylic acids is 1. The van der Waals surface area contributed by atoms with Gasteiger partial charge in [0.1, 0.15) is 0 Å². The highest BCUT2D eigenvalue weighted by Gasteiger charge is 2.43. The fraction of sp³-hybridized carbons (Fsp3) is 0.615. The molecule has 2 bridgehead atoms. The Kier molecular flexibility index (Phi) is 2.67. The van der Waals surface area contributed by atoms with E-state index in [1.807, 2.05) is 18.0 Å². The summed E-state index contributed by atoms with van der Waals surface area (Å²) in [7, 11) is 1.88. The Morgan fingerprint density at radius 2 is 2.47 bits per heavy atom. The SMILES string of the molecule is CN(Cc1ccoc1)C(=O)C1CC2CCC1N2. The monoisotopic (exact) mass is 234 g/mol. The van der Waals surface area contributed by atoms with Crippen molar-refractivity contribution >= 4 is 5.91 Å². The fourth-order valence-corrected chi connectivity index (χ4v) is 3.11. The lowest BCUT2D eigenvalue weighted by Gasteiger charge is -2.25. The van der Waals surface area contributed by atoms with Crippen LogP contribution in [0.2, 0.25) is 0 Å². The summed E-state index contributed by atoms with van der Waals surface area (Å²) in [5.74, 6) is 0.455. The molecule has 2 aliphatic heterocycles. The maximum absolute atomic E-state index is 12.3. The van der Waals surface area contributed by atoms with Gasteiger partial charge in [0.2, 0.25) is 5.91 Å². The predicted octanol–water partition coefficient (Wildman–Crippen LogP) is 1.38. The minimum absolute atomic E-state index is 0.186. The fourth-order valence-electron chi connectivity index (χ4n) is 3.11. The number of hydrogen-bond donors (Lipinski definition) is 1. The van der Waals surface area contributed by atoms with Crippen molar-refractivity contribution in [2.45, 2.75) is 37.9 Å². The molecule has 3 atom stereocenters. The van der Waals surface area contributed by atoms with Crippen LogP contribution < -0.4 is 5.32 Å². The van der Waals surface area contributed by atoms with Crippen LogP contribution in [0.5, 0.6) is 0 Å². The maximum atomic E-state index is 12.3. The summed E-state index contributed by atoms with van der Waals surface area (Å²) in [4.78, 5) is 14.1. The lowest BCUT2D eigenvalue weighted by atomic mass is 9.88. The highest BCUT2D eigenvalue weighted by molar-refractivity contribution is 5.80. The highest BCUT2D eigenvalue weighted by Crippen LogP contribution is 2.34. The first-order valence-electron chi connectivity index (χ1n) is 6.26. The second-order valence-corrected chi connectivity index (χ2v) is 5.22. The van der Waals surface area contributed by atoms with Crippen LogP contribution in [0.4, 0.5) is 0 Å². The van der Waals surface area contributed by atoms with E-state index in [0.717, 1.165) is 18.4 Å². The Bertz CT molecular complexity index is 402. The number of amides is 1. The van der Waals surface area contributed by atoms with E-state index in [0.29, 0.717) is 18.6 Å². The zero-order valence-electron chi connectivity index (χ0n) is 10.1. The Balaban J connectivity index is 1.62. The van der Waals surface area contributed by atoms with Gasteiger partial charge in [-0.25, -0.2) is 0 Å². The lowest BCUT2D eigenvalue weighted by Crippen LogP contribution is -2.38. The second kappa shape index (κ2) is 4.18. The molecule has 1 N–H and O–H groups in total. The molecular weight excluding hydrogens is 216 g/mol. The Labute approximate surface area is 101 Å². The second-order valence-electron chi connectivity index (χ2n) is 5.22. The van der Waals surface area contributed by atoms with Gasteiger partial charge in [-0.3, -0.25) is 4.79 Å². The van der Waals surface area contributed by atoms with E-state index >= 15 is 0 Å². The number of carbonyl (C=O) groups is 1.